The highest BCUT2D eigenvalue weighted by Gasteiger charge is 2.45. The van der Waals surface area contributed by atoms with Crippen molar-refractivity contribution in [3.8, 4) is 0 Å². The fourth-order valence-corrected chi connectivity index (χ4v) is 5.26. The summed E-state index contributed by atoms with van der Waals surface area (Å²) >= 11 is 0.915. The van der Waals surface area contributed by atoms with Crippen LogP contribution in [0.4, 0.5) is 0 Å². The van der Waals surface area contributed by atoms with Crippen molar-refractivity contribution in [2.45, 2.75) is 153 Å². The Morgan fingerprint density at radius 2 is 1.31 bits per heavy atom. The zero-order chi connectivity index (χ0) is 28.9. The maximum Gasteiger partial charge on any atom is 0.305 e. The van der Waals surface area contributed by atoms with E-state index in [2.05, 4.69) is 6.92 Å². The van der Waals surface area contributed by atoms with Crippen LogP contribution in [0.25, 0.3) is 0 Å². The van der Waals surface area contributed by atoms with Gasteiger partial charge in [-0.2, -0.15) is 0 Å². The molecule has 1 fully saturated rings. The predicted molar refractivity (Wildman–Crippen MR) is 152 cm³/mol. The second-order valence-corrected chi connectivity index (χ2v) is 11.8. The lowest BCUT2D eigenvalue weighted by Crippen LogP contribution is -2.59. The topological polar surface area (TPSA) is 143 Å². The molecule has 6 atom stereocenters. The average Bonchev–Trinajstić information content (AvgIpc) is 2.92. The summed E-state index contributed by atoms with van der Waals surface area (Å²) in [5, 5.41) is 39.9. The number of thioether (sulfide) groups is 1. The number of hydrogen-bond donors (Lipinski definition) is 4. The summed E-state index contributed by atoms with van der Waals surface area (Å²) in [6.07, 6.45) is 11.2. The number of unbranched alkanes of at least 4 members (excludes halogenated alkanes) is 14. The van der Waals surface area contributed by atoms with E-state index in [-0.39, 0.29) is 29.9 Å². The van der Waals surface area contributed by atoms with E-state index in [0.717, 1.165) is 31.0 Å². The summed E-state index contributed by atoms with van der Waals surface area (Å²) in [7, 11) is 0. The Labute approximate surface area is 239 Å². The van der Waals surface area contributed by atoms with Crippen molar-refractivity contribution in [2.75, 3.05) is 19.0 Å². The summed E-state index contributed by atoms with van der Waals surface area (Å²) < 4.78 is 16.3. The summed E-state index contributed by atoms with van der Waals surface area (Å²) in [6, 6.07) is 0. The fourth-order valence-electron chi connectivity index (χ4n) is 4.59. The fraction of sp³-hybridized carbons (Fsp3) is 0.931. The lowest BCUT2D eigenvalue weighted by atomic mass is 10.00. The van der Waals surface area contributed by atoms with Gasteiger partial charge in [-0.05, 0) is 6.42 Å². The van der Waals surface area contributed by atoms with Gasteiger partial charge >= 0.3 is 5.97 Å². The van der Waals surface area contributed by atoms with E-state index in [1.807, 2.05) is 0 Å². The molecule has 1 saturated heterocycles. The Kier molecular flexibility index (Phi) is 21.3. The number of aliphatic hydroxyl groups excluding tert-OH is 4. The van der Waals surface area contributed by atoms with E-state index >= 15 is 0 Å². The minimum absolute atomic E-state index is 0.0676. The first-order valence-corrected chi connectivity index (χ1v) is 16.0. The van der Waals surface area contributed by atoms with Crippen molar-refractivity contribution in [1.82, 2.24) is 0 Å². The molecule has 10 heteroatoms. The van der Waals surface area contributed by atoms with Gasteiger partial charge < -0.3 is 34.6 Å². The van der Waals surface area contributed by atoms with Gasteiger partial charge in [-0.15, -0.1) is 0 Å². The van der Waals surface area contributed by atoms with E-state index < -0.39 is 43.4 Å². The van der Waals surface area contributed by atoms with Crippen molar-refractivity contribution >= 4 is 22.8 Å². The first-order chi connectivity index (χ1) is 18.8. The van der Waals surface area contributed by atoms with Gasteiger partial charge in [0.1, 0.15) is 31.0 Å². The van der Waals surface area contributed by atoms with Gasteiger partial charge in [0, 0.05) is 19.1 Å². The maximum atomic E-state index is 12.1. The summed E-state index contributed by atoms with van der Waals surface area (Å²) in [5.74, 6) is -0.318. The molecule has 0 amide bonds. The largest absolute Gasteiger partial charge is 0.463 e. The van der Waals surface area contributed by atoms with Gasteiger partial charge in [0.15, 0.2) is 11.4 Å². The highest BCUT2D eigenvalue weighted by Crippen LogP contribution is 2.25. The molecule has 0 radical (unpaired) electrons. The first kappa shape index (κ1) is 36.3. The third-order valence-electron chi connectivity index (χ3n) is 7.06. The minimum atomic E-state index is -1.57. The van der Waals surface area contributed by atoms with Crippen LogP contribution >= 0.6 is 11.8 Å². The number of ether oxygens (including phenoxy) is 3. The van der Waals surface area contributed by atoms with E-state index in [0.29, 0.717) is 0 Å². The molecule has 0 aliphatic carbocycles. The van der Waals surface area contributed by atoms with Gasteiger partial charge in [-0.1, -0.05) is 109 Å². The molecule has 1 rings (SSSR count). The average molecular weight is 579 g/mol. The molecule has 0 bridgehead atoms. The highest BCUT2D eigenvalue weighted by atomic mass is 32.2. The Morgan fingerprint density at radius 1 is 0.795 bits per heavy atom. The molecule has 0 aromatic heterocycles. The predicted octanol–water partition coefficient (Wildman–Crippen LogP) is 4.26. The summed E-state index contributed by atoms with van der Waals surface area (Å²) in [6.45, 7) is 2.89. The van der Waals surface area contributed by atoms with Gasteiger partial charge in [0.25, 0.3) is 0 Å². The van der Waals surface area contributed by atoms with Crippen LogP contribution in [0, 0.1) is 0 Å². The van der Waals surface area contributed by atoms with E-state index in [1.54, 1.807) is 0 Å². The lowest BCUT2D eigenvalue weighted by molar-refractivity contribution is -0.307. The van der Waals surface area contributed by atoms with Gasteiger partial charge in [-0.25, -0.2) is 0 Å². The number of rotatable bonds is 23. The van der Waals surface area contributed by atoms with Crippen LogP contribution in [0.5, 0.6) is 0 Å². The quantitative estimate of drug-likeness (QED) is 0.103. The molecule has 9 nitrogen and oxygen atoms in total. The summed E-state index contributed by atoms with van der Waals surface area (Å²) in [4.78, 5) is 23.3. The molecule has 1 heterocycles. The Balaban J connectivity index is 2.11. The Morgan fingerprint density at radius 3 is 1.79 bits per heavy atom. The Bertz CT molecular complexity index is 636. The third kappa shape index (κ3) is 17.0. The van der Waals surface area contributed by atoms with Crippen molar-refractivity contribution in [2.24, 2.45) is 0 Å². The SMILES string of the molecule is CCCCCCCCCCCCCCCCCC(=O)OCC(CO)O[C@@H]1O[C@H](CSC(C)=O)[C@@H](O)[C@H](O)[C@H]1O. The maximum absolute atomic E-state index is 12.1. The Hall–Kier alpha value is -0.750. The lowest BCUT2D eigenvalue weighted by Gasteiger charge is -2.41. The van der Waals surface area contributed by atoms with Gasteiger partial charge in [-0.3, -0.25) is 9.59 Å². The van der Waals surface area contributed by atoms with Crippen molar-refractivity contribution in [3.05, 3.63) is 0 Å². The molecule has 0 spiro atoms. The van der Waals surface area contributed by atoms with Crippen molar-refractivity contribution in [3.63, 3.8) is 0 Å². The normalized spacial score (nSPS) is 24.0. The molecule has 1 aliphatic rings. The smallest absolute Gasteiger partial charge is 0.305 e. The second-order valence-electron chi connectivity index (χ2n) is 10.6. The van der Waals surface area contributed by atoms with Crippen LogP contribution in [0.1, 0.15) is 117 Å². The zero-order valence-corrected chi connectivity index (χ0v) is 25.0. The van der Waals surface area contributed by atoms with Gasteiger partial charge in [0.2, 0.25) is 0 Å². The third-order valence-corrected chi connectivity index (χ3v) is 7.97. The van der Waals surface area contributed by atoms with Crippen LogP contribution in [0.2, 0.25) is 0 Å². The molecule has 1 aliphatic heterocycles. The molecule has 1 unspecified atom stereocenters. The monoisotopic (exact) mass is 578 g/mol. The van der Waals surface area contributed by atoms with Crippen LogP contribution in [0.15, 0.2) is 0 Å². The van der Waals surface area contributed by atoms with Crippen molar-refractivity contribution in [1.29, 1.82) is 0 Å². The number of carbonyl (C=O) groups excluding carboxylic acids is 2. The molecular formula is C29H54O9S. The second kappa shape index (κ2) is 22.9. The van der Waals surface area contributed by atoms with E-state index in [4.69, 9.17) is 14.2 Å². The standard InChI is InChI=1S/C29H54O9S/c1-3-4-5-6-7-8-9-10-11-12-13-14-15-16-17-18-25(32)36-20-23(19-30)37-29-28(35)27(34)26(33)24(38-29)21-39-22(2)31/h23-24,26-30,33-35H,3-21H2,1-2H3/t23?,24-,26-,27+,28-,29-/m1/s1. The van der Waals surface area contributed by atoms with E-state index in [1.165, 1.54) is 84.0 Å². The number of hydrogen-bond acceptors (Lipinski definition) is 10. The number of carbonyl (C=O) groups is 2. The van der Waals surface area contributed by atoms with Crippen LogP contribution in [0.3, 0.4) is 0 Å². The summed E-state index contributed by atoms with van der Waals surface area (Å²) in [5.41, 5.74) is 0. The zero-order valence-electron chi connectivity index (χ0n) is 24.1. The highest BCUT2D eigenvalue weighted by molar-refractivity contribution is 8.13. The molecule has 230 valence electrons. The molecule has 39 heavy (non-hydrogen) atoms. The molecule has 0 aromatic rings. The molecule has 0 saturated carbocycles. The van der Waals surface area contributed by atoms with Crippen molar-refractivity contribution < 1.29 is 44.2 Å². The number of esters is 1. The van der Waals surface area contributed by atoms with E-state index in [9.17, 15) is 30.0 Å². The minimum Gasteiger partial charge on any atom is -0.463 e. The molecular weight excluding hydrogens is 524 g/mol. The van der Waals surface area contributed by atoms with Gasteiger partial charge in [0.05, 0.1) is 12.7 Å². The van der Waals surface area contributed by atoms with Crippen LogP contribution in [-0.2, 0) is 23.8 Å². The molecule has 0 aromatic carbocycles. The van der Waals surface area contributed by atoms with Crippen LogP contribution in [-0.4, -0.2) is 87.3 Å². The number of aliphatic hydroxyl groups is 4. The van der Waals surface area contributed by atoms with Crippen LogP contribution < -0.4 is 0 Å². The first-order valence-electron chi connectivity index (χ1n) is 15.0. The molecule has 4 N–H and O–H groups in total.